The van der Waals surface area contributed by atoms with Gasteiger partial charge in [0.05, 0.1) is 5.69 Å². The summed E-state index contributed by atoms with van der Waals surface area (Å²) in [5.74, 6) is -0.0440. The summed E-state index contributed by atoms with van der Waals surface area (Å²) < 4.78 is 1.64. The van der Waals surface area contributed by atoms with Gasteiger partial charge in [-0.3, -0.25) is 4.79 Å². The molecule has 0 radical (unpaired) electrons. The summed E-state index contributed by atoms with van der Waals surface area (Å²) in [6, 6.07) is 7.89. The molecule has 1 aliphatic rings. The predicted octanol–water partition coefficient (Wildman–Crippen LogP) is 1.27. The predicted molar refractivity (Wildman–Crippen MR) is 79.1 cm³/mol. The Labute approximate surface area is 123 Å². The van der Waals surface area contributed by atoms with Gasteiger partial charge in [0.25, 0.3) is 5.91 Å². The van der Waals surface area contributed by atoms with Crippen LogP contribution in [0, 0.1) is 0 Å². The fourth-order valence-electron chi connectivity index (χ4n) is 2.66. The molecule has 0 aliphatic heterocycles. The fraction of sp³-hybridized carbons (Fsp3) is 0.400. The van der Waals surface area contributed by atoms with Gasteiger partial charge >= 0.3 is 0 Å². The van der Waals surface area contributed by atoms with Crippen molar-refractivity contribution in [2.24, 2.45) is 5.73 Å². The smallest absolute Gasteiger partial charge is 0.251 e. The molecule has 0 saturated heterocycles. The number of aromatic nitrogens is 3. The standard InChI is InChI=1S/C15H19N5O/c16-12-4-6-13(7-5-12)19-15(21)11-2-1-3-14(8-11)20-10-17-9-18-20/h1-3,8-10,12-13H,4-7,16H2,(H,19,21). The summed E-state index contributed by atoms with van der Waals surface area (Å²) in [5, 5.41) is 7.16. The number of nitrogens with zero attached hydrogens (tertiary/aromatic N) is 3. The Hall–Kier alpha value is -2.21. The maximum atomic E-state index is 12.3. The molecule has 1 fully saturated rings. The lowest BCUT2D eigenvalue weighted by Crippen LogP contribution is -2.40. The molecule has 1 aromatic heterocycles. The van der Waals surface area contributed by atoms with E-state index in [1.165, 1.54) is 6.33 Å². The monoisotopic (exact) mass is 285 g/mol. The maximum Gasteiger partial charge on any atom is 0.251 e. The Morgan fingerprint density at radius 3 is 2.81 bits per heavy atom. The van der Waals surface area contributed by atoms with Crippen molar-refractivity contribution in [1.82, 2.24) is 20.1 Å². The summed E-state index contributed by atoms with van der Waals surface area (Å²) in [7, 11) is 0. The van der Waals surface area contributed by atoms with Crippen LogP contribution in [0.4, 0.5) is 0 Å². The van der Waals surface area contributed by atoms with Gasteiger partial charge in [-0.2, -0.15) is 5.10 Å². The van der Waals surface area contributed by atoms with Gasteiger partial charge in [0.1, 0.15) is 12.7 Å². The van der Waals surface area contributed by atoms with Crippen molar-refractivity contribution < 1.29 is 4.79 Å². The molecule has 1 saturated carbocycles. The lowest BCUT2D eigenvalue weighted by Gasteiger charge is -2.26. The molecular formula is C15H19N5O. The Kier molecular flexibility index (Phi) is 3.96. The van der Waals surface area contributed by atoms with E-state index in [0.29, 0.717) is 5.56 Å². The third kappa shape index (κ3) is 3.28. The molecule has 0 unspecified atom stereocenters. The van der Waals surface area contributed by atoms with Crippen LogP contribution in [0.5, 0.6) is 0 Å². The molecule has 110 valence electrons. The zero-order valence-electron chi connectivity index (χ0n) is 11.8. The van der Waals surface area contributed by atoms with Gasteiger partial charge in [0, 0.05) is 17.6 Å². The van der Waals surface area contributed by atoms with Crippen LogP contribution in [0.15, 0.2) is 36.9 Å². The lowest BCUT2D eigenvalue weighted by molar-refractivity contribution is 0.0926. The third-order valence-corrected chi connectivity index (χ3v) is 3.90. The first-order valence-corrected chi connectivity index (χ1v) is 7.24. The van der Waals surface area contributed by atoms with Gasteiger partial charge < -0.3 is 11.1 Å². The SMILES string of the molecule is NC1CCC(NC(=O)c2cccc(-n3cncn3)c2)CC1. The molecule has 1 aliphatic carbocycles. The van der Waals surface area contributed by atoms with Crippen LogP contribution in [0.1, 0.15) is 36.0 Å². The second kappa shape index (κ2) is 6.05. The summed E-state index contributed by atoms with van der Waals surface area (Å²) in [4.78, 5) is 16.2. The lowest BCUT2D eigenvalue weighted by atomic mass is 9.91. The Balaban J connectivity index is 1.69. The molecule has 6 heteroatoms. The fourth-order valence-corrected chi connectivity index (χ4v) is 2.66. The van der Waals surface area contributed by atoms with Crippen LogP contribution in [-0.2, 0) is 0 Å². The Morgan fingerprint density at radius 2 is 2.10 bits per heavy atom. The van der Waals surface area contributed by atoms with Gasteiger partial charge in [0.2, 0.25) is 0 Å². The van der Waals surface area contributed by atoms with E-state index in [2.05, 4.69) is 15.4 Å². The molecule has 1 amide bonds. The zero-order valence-corrected chi connectivity index (χ0v) is 11.8. The number of amides is 1. The van der Waals surface area contributed by atoms with E-state index in [1.807, 2.05) is 24.3 Å². The molecule has 0 spiro atoms. The number of carbonyl (C=O) groups is 1. The number of benzene rings is 1. The quantitative estimate of drug-likeness (QED) is 0.889. The summed E-state index contributed by atoms with van der Waals surface area (Å²) in [5.41, 5.74) is 7.35. The van der Waals surface area contributed by atoms with Gasteiger partial charge in [-0.1, -0.05) is 6.07 Å². The first-order valence-electron chi connectivity index (χ1n) is 7.24. The first-order chi connectivity index (χ1) is 10.2. The minimum Gasteiger partial charge on any atom is -0.349 e. The second-order valence-corrected chi connectivity index (χ2v) is 5.48. The van der Waals surface area contributed by atoms with Gasteiger partial charge in [-0.05, 0) is 43.9 Å². The van der Waals surface area contributed by atoms with Gasteiger partial charge in [0.15, 0.2) is 0 Å². The highest BCUT2D eigenvalue weighted by Crippen LogP contribution is 2.18. The van der Waals surface area contributed by atoms with E-state index in [-0.39, 0.29) is 18.0 Å². The minimum atomic E-state index is -0.0440. The van der Waals surface area contributed by atoms with E-state index in [0.717, 1.165) is 31.4 Å². The van der Waals surface area contributed by atoms with Crippen LogP contribution in [0.3, 0.4) is 0 Å². The summed E-state index contributed by atoms with van der Waals surface area (Å²) in [6.45, 7) is 0. The number of rotatable bonds is 3. The minimum absolute atomic E-state index is 0.0440. The van der Waals surface area contributed by atoms with E-state index in [4.69, 9.17) is 5.73 Å². The average molecular weight is 285 g/mol. The van der Waals surface area contributed by atoms with E-state index >= 15 is 0 Å². The largest absolute Gasteiger partial charge is 0.349 e. The summed E-state index contributed by atoms with van der Waals surface area (Å²) in [6.07, 6.45) is 6.94. The Morgan fingerprint density at radius 1 is 1.29 bits per heavy atom. The molecule has 1 aromatic carbocycles. The van der Waals surface area contributed by atoms with E-state index < -0.39 is 0 Å². The van der Waals surface area contributed by atoms with Crippen molar-refractivity contribution in [1.29, 1.82) is 0 Å². The molecule has 3 rings (SSSR count). The van der Waals surface area contributed by atoms with Crippen molar-refractivity contribution in [3.63, 3.8) is 0 Å². The highest BCUT2D eigenvalue weighted by Gasteiger charge is 2.20. The van der Waals surface area contributed by atoms with Gasteiger partial charge in [-0.15, -0.1) is 0 Å². The molecule has 2 aromatic rings. The molecule has 1 heterocycles. The van der Waals surface area contributed by atoms with Crippen molar-refractivity contribution in [2.45, 2.75) is 37.8 Å². The highest BCUT2D eigenvalue weighted by molar-refractivity contribution is 5.94. The number of hydrogen-bond donors (Lipinski definition) is 2. The van der Waals surface area contributed by atoms with E-state index in [1.54, 1.807) is 11.0 Å². The molecular weight excluding hydrogens is 266 g/mol. The van der Waals surface area contributed by atoms with Crippen molar-refractivity contribution in [2.75, 3.05) is 0 Å². The van der Waals surface area contributed by atoms with Crippen molar-refractivity contribution in [3.8, 4) is 5.69 Å². The first kappa shape index (κ1) is 13.8. The van der Waals surface area contributed by atoms with E-state index in [9.17, 15) is 4.79 Å². The number of hydrogen-bond acceptors (Lipinski definition) is 4. The average Bonchev–Trinajstić information content (AvgIpc) is 3.04. The number of nitrogens with one attached hydrogen (secondary N) is 1. The van der Waals surface area contributed by atoms with Crippen LogP contribution in [0.2, 0.25) is 0 Å². The van der Waals surface area contributed by atoms with Crippen LogP contribution < -0.4 is 11.1 Å². The third-order valence-electron chi connectivity index (χ3n) is 3.90. The van der Waals surface area contributed by atoms with Crippen LogP contribution >= 0.6 is 0 Å². The van der Waals surface area contributed by atoms with Crippen molar-refractivity contribution in [3.05, 3.63) is 42.5 Å². The Bertz CT molecular complexity index is 602. The molecule has 0 atom stereocenters. The van der Waals surface area contributed by atoms with Crippen LogP contribution in [-0.4, -0.2) is 32.8 Å². The number of carbonyl (C=O) groups excluding carboxylic acids is 1. The summed E-state index contributed by atoms with van der Waals surface area (Å²) >= 11 is 0. The molecule has 6 nitrogen and oxygen atoms in total. The zero-order chi connectivity index (χ0) is 14.7. The van der Waals surface area contributed by atoms with Gasteiger partial charge in [-0.25, -0.2) is 9.67 Å². The van der Waals surface area contributed by atoms with Crippen molar-refractivity contribution >= 4 is 5.91 Å². The molecule has 21 heavy (non-hydrogen) atoms. The highest BCUT2D eigenvalue weighted by atomic mass is 16.1. The molecule has 3 N–H and O–H groups in total. The normalized spacial score (nSPS) is 22.0. The maximum absolute atomic E-state index is 12.3. The topological polar surface area (TPSA) is 85.8 Å². The molecule has 0 bridgehead atoms. The van der Waals surface area contributed by atoms with Crippen LogP contribution in [0.25, 0.3) is 5.69 Å². The second-order valence-electron chi connectivity index (χ2n) is 5.48. The number of nitrogens with two attached hydrogens (primary N) is 1.